The van der Waals surface area contributed by atoms with Gasteiger partial charge in [0.2, 0.25) is 0 Å². The van der Waals surface area contributed by atoms with Crippen molar-refractivity contribution in [2.24, 2.45) is 10.8 Å². The first-order chi connectivity index (χ1) is 39.4. The number of amides is 4. The fourth-order valence-electron chi connectivity index (χ4n) is 11.2. The minimum atomic E-state index is -2.12. The quantitative estimate of drug-likeness (QED) is 0.144. The van der Waals surface area contributed by atoms with Gasteiger partial charge in [-0.3, -0.25) is 19.2 Å². The van der Waals surface area contributed by atoms with Crippen LogP contribution in [0.15, 0.2) is 48.5 Å². The molecular formula is C65H96F2N4O14. The minimum absolute atomic E-state index is 0.0419. The molecular weight excluding hydrogens is 1100 g/mol. The standard InChI is InChI=1S/C65H96F2N4O14/c1-39(43-22-24-45(25-23-43)47-28-32-81-33-29-47)53-57(75)71(17)49(36-63(7,8)9)59(77)83-40(2)54(72)68(14)50(37-64(10,11)66)60(78)84-52(34-42-18-20-44(21-19-42)46-26-30-80-31-27-46)56(74)70(16)48(35-62(4,5)6)58(76)82-41(3)55(73)69(15)51(61(79)85-53)38-65(12,13)67/h18-25,39-41,46-53H,26-38H2,1-17H3/t39-,40+,41+,48?,49-,50-,51-,52+,53+/m0/s1. The highest BCUT2D eigenvalue weighted by molar-refractivity contribution is 5.94. The van der Waals surface area contributed by atoms with Crippen LogP contribution in [0.2, 0.25) is 0 Å². The normalized spacial score (nSPS) is 26.2. The summed E-state index contributed by atoms with van der Waals surface area (Å²) in [4.78, 5) is 123. The van der Waals surface area contributed by atoms with Crippen LogP contribution in [0.3, 0.4) is 0 Å². The molecule has 2 aromatic rings. The monoisotopic (exact) mass is 1190 g/mol. The summed E-state index contributed by atoms with van der Waals surface area (Å²) in [5, 5.41) is 0. The predicted molar refractivity (Wildman–Crippen MR) is 315 cm³/mol. The number of esters is 4. The van der Waals surface area contributed by atoms with Gasteiger partial charge < -0.3 is 48.0 Å². The van der Waals surface area contributed by atoms with Crippen LogP contribution in [0.25, 0.3) is 0 Å². The molecule has 3 heterocycles. The van der Waals surface area contributed by atoms with E-state index in [0.717, 1.165) is 56.4 Å². The number of hydrogen-bond donors (Lipinski definition) is 0. The summed E-state index contributed by atoms with van der Waals surface area (Å²) >= 11 is 0. The lowest BCUT2D eigenvalue weighted by atomic mass is 9.86. The second kappa shape index (κ2) is 29.1. The molecule has 85 heavy (non-hydrogen) atoms. The molecule has 3 saturated heterocycles. The molecule has 0 spiro atoms. The topological polar surface area (TPSA) is 205 Å². The molecule has 3 fully saturated rings. The minimum Gasteiger partial charge on any atom is -0.451 e. The van der Waals surface area contributed by atoms with E-state index in [1.165, 1.54) is 69.7 Å². The number of carbonyl (C=O) groups is 8. The van der Waals surface area contributed by atoms with E-state index in [1.54, 1.807) is 19.1 Å². The number of carbonyl (C=O) groups excluding carboxylic acids is 8. The van der Waals surface area contributed by atoms with Gasteiger partial charge in [0.1, 0.15) is 35.5 Å². The average Bonchev–Trinajstić information content (AvgIpc) is 3.45. The summed E-state index contributed by atoms with van der Waals surface area (Å²) < 4.78 is 67.3. The van der Waals surface area contributed by atoms with Crippen molar-refractivity contribution in [3.8, 4) is 0 Å². The van der Waals surface area contributed by atoms with Crippen LogP contribution in [0.5, 0.6) is 0 Å². The van der Waals surface area contributed by atoms with Gasteiger partial charge in [0.15, 0.2) is 24.4 Å². The van der Waals surface area contributed by atoms with Crippen molar-refractivity contribution in [2.75, 3.05) is 54.6 Å². The van der Waals surface area contributed by atoms with Gasteiger partial charge >= 0.3 is 23.9 Å². The predicted octanol–water partition coefficient (Wildman–Crippen LogP) is 8.98. The van der Waals surface area contributed by atoms with Crippen LogP contribution in [-0.2, 0) is 73.2 Å². The number of nitrogens with zero attached hydrogens (tertiary/aromatic N) is 4. The summed E-state index contributed by atoms with van der Waals surface area (Å²) in [5.41, 5.74) is -2.39. The van der Waals surface area contributed by atoms with Crippen LogP contribution in [-0.4, -0.2) is 182 Å². The molecule has 0 N–H and O–H groups in total. The molecule has 0 aromatic heterocycles. The van der Waals surface area contributed by atoms with E-state index in [1.807, 2.05) is 77.9 Å². The number of hydrogen-bond acceptors (Lipinski definition) is 14. The van der Waals surface area contributed by atoms with Gasteiger partial charge in [-0.05, 0) is 125 Å². The largest absolute Gasteiger partial charge is 0.451 e. The Kier molecular flexibility index (Phi) is 23.9. The third-order valence-electron chi connectivity index (χ3n) is 16.3. The van der Waals surface area contributed by atoms with Gasteiger partial charge in [-0.25, -0.2) is 28.0 Å². The number of likely N-dealkylation sites (N-methyl/N-ethyl adjacent to an activating group) is 4. The van der Waals surface area contributed by atoms with E-state index in [0.29, 0.717) is 37.6 Å². The first-order valence-corrected chi connectivity index (χ1v) is 30.0. The third kappa shape index (κ3) is 20.0. The fourth-order valence-corrected chi connectivity index (χ4v) is 11.2. The second-order valence-corrected chi connectivity index (χ2v) is 27.4. The Morgan fingerprint density at radius 3 is 1.16 bits per heavy atom. The van der Waals surface area contributed by atoms with Crippen molar-refractivity contribution in [3.05, 3.63) is 70.8 Å². The summed E-state index contributed by atoms with van der Waals surface area (Å²) in [7, 11) is 5.10. The molecule has 3 aliphatic heterocycles. The van der Waals surface area contributed by atoms with E-state index in [9.17, 15) is 28.8 Å². The van der Waals surface area contributed by atoms with Crippen molar-refractivity contribution in [3.63, 3.8) is 0 Å². The average molecular weight is 1200 g/mol. The number of halogens is 2. The molecule has 0 bridgehead atoms. The maximum Gasteiger partial charge on any atom is 0.329 e. The third-order valence-corrected chi connectivity index (χ3v) is 16.3. The molecule has 2 aromatic carbocycles. The zero-order valence-corrected chi connectivity index (χ0v) is 53.4. The van der Waals surface area contributed by atoms with E-state index in [2.05, 4.69) is 0 Å². The second-order valence-electron chi connectivity index (χ2n) is 27.4. The highest BCUT2D eigenvalue weighted by atomic mass is 19.1. The smallest absolute Gasteiger partial charge is 0.329 e. The van der Waals surface area contributed by atoms with E-state index < -0.39 is 137 Å². The van der Waals surface area contributed by atoms with Crippen molar-refractivity contribution < 1.29 is 75.6 Å². The fraction of sp³-hybridized carbons (Fsp3) is 0.692. The molecule has 0 radical (unpaired) electrons. The lowest BCUT2D eigenvalue weighted by molar-refractivity contribution is -0.177. The Morgan fingerprint density at radius 1 is 0.459 bits per heavy atom. The zero-order valence-electron chi connectivity index (χ0n) is 53.4. The Labute approximate surface area is 502 Å². The molecule has 0 saturated carbocycles. The van der Waals surface area contributed by atoms with Crippen molar-refractivity contribution in [1.82, 2.24) is 19.6 Å². The molecule has 0 aliphatic carbocycles. The Balaban J connectivity index is 1.66. The molecule has 474 valence electrons. The van der Waals surface area contributed by atoms with Gasteiger partial charge in [0.25, 0.3) is 23.6 Å². The van der Waals surface area contributed by atoms with Crippen LogP contribution < -0.4 is 0 Å². The number of rotatable bonds is 12. The van der Waals surface area contributed by atoms with Crippen molar-refractivity contribution in [2.45, 2.75) is 225 Å². The van der Waals surface area contributed by atoms with Crippen LogP contribution in [0, 0.1) is 10.8 Å². The molecule has 3 aliphatic rings. The van der Waals surface area contributed by atoms with Gasteiger partial charge in [-0.15, -0.1) is 0 Å². The molecule has 20 heteroatoms. The van der Waals surface area contributed by atoms with Gasteiger partial charge in [0, 0.05) is 79.8 Å². The summed E-state index contributed by atoms with van der Waals surface area (Å²) in [5.74, 6) is -8.54. The molecule has 1 unspecified atom stereocenters. The maximum atomic E-state index is 16.0. The van der Waals surface area contributed by atoms with E-state index >= 15 is 18.4 Å². The van der Waals surface area contributed by atoms with Crippen LogP contribution in [0.4, 0.5) is 8.78 Å². The summed E-state index contributed by atoms with van der Waals surface area (Å²) in [6.07, 6.45) is -5.05. The van der Waals surface area contributed by atoms with Crippen molar-refractivity contribution >= 4 is 47.5 Å². The Bertz CT molecular complexity index is 2600. The highest BCUT2D eigenvalue weighted by Gasteiger charge is 2.46. The molecule has 4 amide bonds. The number of alkyl halides is 2. The highest BCUT2D eigenvalue weighted by Crippen LogP contribution is 2.34. The number of benzene rings is 2. The lowest BCUT2D eigenvalue weighted by Gasteiger charge is -2.37. The SMILES string of the molecule is C[C@H]1OC(=O)C(CC(C)(C)C)N(C)C(=O)[C@@H](Cc2ccc(C3CCOCC3)cc2)OC(=O)[C@H](CC(C)(C)F)N(C)C(=O)[C@@H](C)OC(=O)[C@H](CC(C)(C)C)N(C)C(=O)[C@@H]([C@@H](C)c2ccc(C3CCOCC3)cc2)OC(=O)[C@H](CC(C)(C)F)N(C)C1=O. The lowest BCUT2D eigenvalue weighted by Crippen LogP contribution is -2.56. The van der Waals surface area contributed by atoms with Gasteiger partial charge in [0.05, 0.1) is 0 Å². The Morgan fingerprint density at radius 2 is 0.788 bits per heavy atom. The van der Waals surface area contributed by atoms with Crippen LogP contribution in [0.1, 0.15) is 181 Å². The van der Waals surface area contributed by atoms with Gasteiger partial charge in [-0.1, -0.05) is 97.0 Å². The molecule has 18 nitrogen and oxygen atoms in total. The first-order valence-electron chi connectivity index (χ1n) is 30.0. The summed E-state index contributed by atoms with van der Waals surface area (Å²) in [6, 6.07) is 8.65. The zero-order chi connectivity index (χ0) is 63.7. The van der Waals surface area contributed by atoms with Crippen LogP contribution >= 0.6 is 0 Å². The Hall–Kier alpha value is -6.02. The van der Waals surface area contributed by atoms with Gasteiger partial charge in [-0.2, -0.15) is 0 Å². The van der Waals surface area contributed by atoms with E-state index in [-0.39, 0.29) is 31.1 Å². The molecule has 5 rings (SSSR count). The van der Waals surface area contributed by atoms with E-state index in [4.69, 9.17) is 28.4 Å². The van der Waals surface area contributed by atoms with Crippen molar-refractivity contribution in [1.29, 1.82) is 0 Å². The first kappa shape index (κ1) is 69.7. The number of ether oxygens (including phenoxy) is 6. The number of cyclic esters (lactones) is 4. The maximum absolute atomic E-state index is 16.0. The molecule has 9 atom stereocenters. The summed E-state index contributed by atoms with van der Waals surface area (Å²) in [6.45, 7) is 22.4.